The van der Waals surface area contributed by atoms with Gasteiger partial charge in [-0.1, -0.05) is 55.1 Å². The fraction of sp³-hybridized carbons (Fsp3) is 0.500. The molecule has 164 valence electrons. The number of nitrogens with one attached hydrogen (secondary N) is 1. The molecule has 0 aromatic heterocycles. The van der Waals surface area contributed by atoms with Crippen LogP contribution in [0.15, 0.2) is 36.4 Å². The van der Waals surface area contributed by atoms with Gasteiger partial charge >= 0.3 is 0 Å². The molecule has 1 aliphatic heterocycles. The summed E-state index contributed by atoms with van der Waals surface area (Å²) >= 11 is 6.60. The summed E-state index contributed by atoms with van der Waals surface area (Å²) in [5.74, 6) is 1.86. The zero-order chi connectivity index (χ0) is 21.4. The van der Waals surface area contributed by atoms with Gasteiger partial charge in [-0.15, -0.1) is 0 Å². The number of rotatable bonds is 4. The summed E-state index contributed by atoms with van der Waals surface area (Å²) in [6.07, 6.45) is 9.51. The van der Waals surface area contributed by atoms with E-state index in [1.807, 2.05) is 12.1 Å². The van der Waals surface area contributed by atoms with E-state index in [1.54, 1.807) is 0 Å². The molecule has 4 nitrogen and oxygen atoms in total. The Balaban J connectivity index is 1.40. The molecule has 1 saturated carbocycles. The van der Waals surface area contributed by atoms with Gasteiger partial charge in [-0.2, -0.15) is 0 Å². The molecule has 2 aromatic carbocycles. The van der Waals surface area contributed by atoms with Crippen LogP contribution in [0.4, 0.5) is 5.69 Å². The zero-order valence-electron chi connectivity index (χ0n) is 17.9. The summed E-state index contributed by atoms with van der Waals surface area (Å²) < 4.78 is 6.66. The molecule has 4 unspecified atom stereocenters. The number of anilines is 1. The topological polar surface area (TPSA) is 64.3 Å². The Labute approximate surface area is 189 Å². The van der Waals surface area contributed by atoms with Crippen molar-refractivity contribution in [3.63, 3.8) is 0 Å². The van der Waals surface area contributed by atoms with Crippen molar-refractivity contribution in [2.75, 3.05) is 5.32 Å². The summed E-state index contributed by atoms with van der Waals surface area (Å²) in [6, 6.07) is 12.8. The first-order valence-electron chi connectivity index (χ1n) is 11.7. The van der Waals surface area contributed by atoms with Crippen LogP contribution < -0.4 is 15.8 Å². The van der Waals surface area contributed by atoms with Crippen LogP contribution in [0.2, 0.25) is 5.02 Å². The molecule has 0 spiro atoms. The number of hydrogen-bond donors (Lipinski definition) is 2. The Morgan fingerprint density at radius 2 is 1.94 bits per heavy atom. The maximum atomic E-state index is 11.7. The van der Waals surface area contributed by atoms with Gasteiger partial charge in [0.25, 0.3) is 0 Å². The van der Waals surface area contributed by atoms with Gasteiger partial charge in [0.15, 0.2) is 0 Å². The van der Waals surface area contributed by atoms with E-state index >= 15 is 0 Å². The molecule has 0 saturated heterocycles. The quantitative estimate of drug-likeness (QED) is 0.591. The second-order valence-electron chi connectivity index (χ2n) is 9.57. The van der Waals surface area contributed by atoms with Crippen molar-refractivity contribution >= 4 is 23.2 Å². The normalized spacial score (nSPS) is 27.7. The lowest BCUT2D eigenvalue weighted by Gasteiger charge is -2.28. The van der Waals surface area contributed by atoms with Crippen LogP contribution in [-0.2, 0) is 17.6 Å². The predicted molar refractivity (Wildman–Crippen MR) is 125 cm³/mol. The monoisotopic (exact) mass is 438 g/mol. The maximum absolute atomic E-state index is 11.7. The number of carbonyl (C=O) groups excluding carboxylic acids is 1. The molecule has 0 radical (unpaired) electrons. The van der Waals surface area contributed by atoms with Crippen LogP contribution in [0.25, 0.3) is 0 Å². The fourth-order valence-corrected chi connectivity index (χ4v) is 5.97. The van der Waals surface area contributed by atoms with Crippen LogP contribution in [0.3, 0.4) is 0 Å². The van der Waals surface area contributed by atoms with E-state index in [9.17, 15) is 4.79 Å². The minimum absolute atomic E-state index is 0.00408. The van der Waals surface area contributed by atoms with Crippen molar-refractivity contribution in [3.05, 3.63) is 58.1 Å². The van der Waals surface area contributed by atoms with Crippen LogP contribution in [0.1, 0.15) is 67.7 Å². The van der Waals surface area contributed by atoms with E-state index < -0.39 is 0 Å². The van der Waals surface area contributed by atoms with Gasteiger partial charge in [-0.25, -0.2) is 0 Å². The van der Waals surface area contributed by atoms with E-state index in [0.717, 1.165) is 49.1 Å². The summed E-state index contributed by atoms with van der Waals surface area (Å²) in [4.78, 5) is 11.7. The molecule has 5 rings (SSSR count). The molecule has 1 fully saturated rings. The first-order valence-corrected chi connectivity index (χ1v) is 12.1. The van der Waals surface area contributed by atoms with Gasteiger partial charge in [0.05, 0.1) is 5.02 Å². The van der Waals surface area contributed by atoms with Crippen molar-refractivity contribution in [1.29, 1.82) is 0 Å². The minimum atomic E-state index is 0.00408. The summed E-state index contributed by atoms with van der Waals surface area (Å²) in [6.45, 7) is 0. The van der Waals surface area contributed by atoms with Crippen molar-refractivity contribution in [1.82, 2.24) is 0 Å². The third-order valence-electron chi connectivity index (χ3n) is 7.29. The number of fused-ring (bicyclic) bond motifs is 2. The number of benzene rings is 2. The minimum Gasteiger partial charge on any atom is -0.484 e. The largest absolute Gasteiger partial charge is 0.484 e. The predicted octanol–water partition coefficient (Wildman–Crippen LogP) is 5.81. The Bertz CT molecular complexity index is 976. The van der Waals surface area contributed by atoms with Crippen LogP contribution in [0.5, 0.6) is 5.75 Å². The molecule has 4 atom stereocenters. The van der Waals surface area contributed by atoms with Crippen molar-refractivity contribution in [3.8, 4) is 5.75 Å². The number of halogens is 1. The number of ether oxygens (including phenoxy) is 1. The van der Waals surface area contributed by atoms with Crippen LogP contribution in [0, 0.1) is 11.8 Å². The third-order valence-corrected chi connectivity index (χ3v) is 7.58. The molecule has 31 heavy (non-hydrogen) atoms. The maximum Gasteiger partial charge on any atom is 0.224 e. The molecule has 1 amide bonds. The van der Waals surface area contributed by atoms with Crippen LogP contribution in [-0.4, -0.2) is 11.9 Å². The van der Waals surface area contributed by atoms with Crippen LogP contribution >= 0.6 is 11.6 Å². The molecule has 2 aromatic rings. The highest BCUT2D eigenvalue weighted by Gasteiger charge is 2.36. The molecule has 0 bridgehead atoms. The highest BCUT2D eigenvalue weighted by Crippen LogP contribution is 2.46. The molecule has 3 N–H and O–H groups in total. The number of nitrogens with two attached hydrogens (primary N) is 1. The van der Waals surface area contributed by atoms with Gasteiger partial charge in [-0.3, -0.25) is 4.79 Å². The lowest BCUT2D eigenvalue weighted by Crippen LogP contribution is -2.24. The fourth-order valence-electron chi connectivity index (χ4n) is 5.76. The van der Waals surface area contributed by atoms with Crippen molar-refractivity contribution in [2.24, 2.45) is 17.6 Å². The SMILES string of the molecule is NC1CCCCC(CC2Cc3ccccc3C2Oc2cc3c(cc2Cl)NC(=O)CC3)C1. The van der Waals surface area contributed by atoms with Gasteiger partial charge in [0, 0.05) is 24.1 Å². The summed E-state index contributed by atoms with van der Waals surface area (Å²) in [5, 5.41) is 3.48. The van der Waals surface area contributed by atoms with Crippen molar-refractivity contribution < 1.29 is 9.53 Å². The van der Waals surface area contributed by atoms with E-state index in [1.165, 1.54) is 30.4 Å². The summed E-state index contributed by atoms with van der Waals surface area (Å²) in [5.41, 5.74) is 10.9. The average Bonchev–Trinajstić information content (AvgIpc) is 2.94. The Kier molecular flexibility index (Phi) is 5.94. The first-order chi connectivity index (χ1) is 15.1. The number of hydrogen-bond acceptors (Lipinski definition) is 3. The second kappa shape index (κ2) is 8.84. The average molecular weight is 439 g/mol. The van der Waals surface area contributed by atoms with Gasteiger partial charge in [0.2, 0.25) is 5.91 Å². The van der Waals surface area contributed by atoms with Crippen molar-refractivity contribution in [2.45, 2.75) is 69.9 Å². The standard InChI is InChI=1S/C26H31ClN2O2/c27-22-15-23-18(9-10-25(30)29-23)14-24(22)31-26-19(13-17-6-2-4-8-21(17)26)11-16-5-1-3-7-20(28)12-16/h2,4,6,8,14-16,19-20,26H,1,3,5,7,9-13,28H2,(H,29,30). The highest BCUT2D eigenvalue weighted by molar-refractivity contribution is 6.32. The Morgan fingerprint density at radius 3 is 2.84 bits per heavy atom. The number of amides is 1. The Morgan fingerprint density at radius 1 is 1.10 bits per heavy atom. The molecular formula is C26H31ClN2O2. The lowest BCUT2D eigenvalue weighted by atomic mass is 9.85. The smallest absolute Gasteiger partial charge is 0.224 e. The third kappa shape index (κ3) is 4.47. The first kappa shape index (κ1) is 20.8. The number of carbonyl (C=O) groups is 1. The molecule has 1 heterocycles. The number of aryl methyl sites for hydroxylation is 1. The molecular weight excluding hydrogens is 408 g/mol. The van der Waals surface area contributed by atoms with E-state index in [2.05, 4.69) is 29.6 Å². The van der Waals surface area contributed by atoms with Gasteiger partial charge < -0.3 is 15.8 Å². The Hall–Kier alpha value is -2.04. The van der Waals surface area contributed by atoms with E-state index in [-0.39, 0.29) is 12.0 Å². The molecule has 5 heteroatoms. The van der Waals surface area contributed by atoms with E-state index in [4.69, 9.17) is 22.1 Å². The second-order valence-corrected chi connectivity index (χ2v) is 9.98. The van der Waals surface area contributed by atoms with Gasteiger partial charge in [0.1, 0.15) is 11.9 Å². The highest BCUT2D eigenvalue weighted by atomic mass is 35.5. The summed E-state index contributed by atoms with van der Waals surface area (Å²) in [7, 11) is 0. The lowest BCUT2D eigenvalue weighted by molar-refractivity contribution is -0.116. The molecule has 3 aliphatic rings. The van der Waals surface area contributed by atoms with Gasteiger partial charge in [-0.05, 0) is 66.8 Å². The van der Waals surface area contributed by atoms with E-state index in [0.29, 0.717) is 29.3 Å². The molecule has 2 aliphatic carbocycles. The zero-order valence-corrected chi connectivity index (χ0v) is 18.7.